The minimum atomic E-state index is -0.434. The van der Waals surface area contributed by atoms with Crippen molar-refractivity contribution in [3.05, 3.63) is 11.1 Å². The molecule has 2 nitrogen and oxygen atoms in total. The van der Waals surface area contributed by atoms with Crippen LogP contribution in [0.2, 0.25) is 0 Å². The van der Waals surface area contributed by atoms with Gasteiger partial charge >= 0.3 is 5.97 Å². The Morgan fingerprint density at radius 2 is 1.23 bits per heavy atom. The zero-order valence-corrected chi connectivity index (χ0v) is 15.4. The lowest BCUT2D eigenvalue weighted by molar-refractivity contribution is -0.135. The predicted octanol–water partition coefficient (Wildman–Crippen LogP) is 6.76. The van der Waals surface area contributed by atoms with Crippen LogP contribution >= 0.6 is 11.6 Å². The van der Waals surface area contributed by atoms with Crippen molar-refractivity contribution in [2.45, 2.75) is 96.8 Å². The summed E-state index contributed by atoms with van der Waals surface area (Å²) in [6, 6.07) is 0. The minimum Gasteiger partial charge on any atom is -0.465 e. The summed E-state index contributed by atoms with van der Waals surface area (Å²) in [7, 11) is 1.35. The number of halogens is 1. The highest BCUT2D eigenvalue weighted by Gasteiger charge is 2.03. The number of allylic oxidation sites excluding steroid dienone is 1. The molecule has 0 aromatic heterocycles. The summed E-state index contributed by atoms with van der Waals surface area (Å²) < 4.78 is 4.54. The van der Waals surface area contributed by atoms with Crippen LogP contribution in [0.4, 0.5) is 0 Å². The number of carbonyl (C=O) groups excluding carboxylic acids is 1. The van der Waals surface area contributed by atoms with Gasteiger partial charge in [-0.2, -0.15) is 0 Å². The number of unbranched alkanes of at least 4 members (excludes halogenated alkanes) is 13. The first-order valence-corrected chi connectivity index (χ1v) is 9.54. The molecular formula is C19H35ClO2. The molecule has 0 amide bonds. The Labute approximate surface area is 142 Å². The second kappa shape index (κ2) is 16.9. The number of carbonyl (C=O) groups is 1. The topological polar surface area (TPSA) is 26.3 Å². The van der Waals surface area contributed by atoms with Gasteiger partial charge in [0.1, 0.15) is 5.03 Å². The van der Waals surface area contributed by atoms with Crippen LogP contribution in [0.25, 0.3) is 0 Å². The lowest BCUT2D eigenvalue weighted by Gasteiger charge is -2.02. The molecule has 0 aromatic carbocycles. The molecule has 0 unspecified atom stereocenters. The minimum absolute atomic E-state index is 0.210. The van der Waals surface area contributed by atoms with Crippen LogP contribution in [0.1, 0.15) is 96.8 Å². The molecule has 0 aromatic rings. The van der Waals surface area contributed by atoms with Crippen LogP contribution in [0.15, 0.2) is 11.1 Å². The molecule has 0 fully saturated rings. The van der Waals surface area contributed by atoms with E-state index in [0.717, 1.165) is 12.8 Å². The summed E-state index contributed by atoms with van der Waals surface area (Å²) in [6.45, 7) is 2.27. The lowest BCUT2D eigenvalue weighted by Crippen LogP contribution is -1.99. The summed E-state index contributed by atoms with van der Waals surface area (Å²) in [5.41, 5.74) is 0. The average molecular weight is 331 g/mol. The summed E-state index contributed by atoms with van der Waals surface area (Å²) in [5.74, 6) is -0.434. The summed E-state index contributed by atoms with van der Waals surface area (Å²) in [5, 5.41) is 0.210. The molecule has 0 aliphatic heterocycles. The standard InChI is InChI=1S/C19H35ClO2/c1-3-4-5-6-7-8-9-10-11-12-13-14-15-16-17-18(20)19(21)22-2/h17H,3-16H2,1-2H3. The molecule has 0 spiro atoms. The molecule has 3 heteroatoms. The molecule has 130 valence electrons. The first-order chi connectivity index (χ1) is 10.7. The smallest absolute Gasteiger partial charge is 0.349 e. The molecule has 0 aliphatic rings. The molecule has 0 rings (SSSR count). The zero-order chi connectivity index (χ0) is 16.5. The van der Waals surface area contributed by atoms with E-state index in [1.807, 2.05) is 0 Å². The van der Waals surface area contributed by atoms with Gasteiger partial charge in [0.2, 0.25) is 0 Å². The van der Waals surface area contributed by atoms with E-state index in [2.05, 4.69) is 11.7 Å². The Morgan fingerprint density at radius 1 is 0.818 bits per heavy atom. The highest BCUT2D eigenvalue weighted by atomic mass is 35.5. The fourth-order valence-corrected chi connectivity index (χ4v) is 2.76. The monoisotopic (exact) mass is 330 g/mol. The highest BCUT2D eigenvalue weighted by molar-refractivity contribution is 6.41. The Kier molecular flexibility index (Phi) is 16.5. The van der Waals surface area contributed by atoms with Crippen molar-refractivity contribution in [1.29, 1.82) is 0 Å². The van der Waals surface area contributed by atoms with Crippen molar-refractivity contribution in [2.75, 3.05) is 7.11 Å². The largest absolute Gasteiger partial charge is 0.465 e. The molecule has 0 saturated carbocycles. The van der Waals surface area contributed by atoms with Crippen LogP contribution in [-0.2, 0) is 9.53 Å². The van der Waals surface area contributed by atoms with E-state index in [1.165, 1.54) is 84.2 Å². The fourth-order valence-electron chi connectivity index (χ4n) is 2.57. The van der Waals surface area contributed by atoms with Crippen LogP contribution in [0.3, 0.4) is 0 Å². The predicted molar refractivity (Wildman–Crippen MR) is 96.3 cm³/mol. The van der Waals surface area contributed by atoms with E-state index in [-0.39, 0.29) is 5.03 Å². The van der Waals surface area contributed by atoms with Crippen LogP contribution < -0.4 is 0 Å². The number of hydrogen-bond donors (Lipinski definition) is 0. The van der Waals surface area contributed by atoms with Gasteiger partial charge in [-0.05, 0) is 12.8 Å². The Balaban J connectivity index is 3.19. The van der Waals surface area contributed by atoms with Gasteiger partial charge < -0.3 is 4.74 Å². The van der Waals surface area contributed by atoms with Crippen LogP contribution in [0, 0.1) is 0 Å². The van der Waals surface area contributed by atoms with Gasteiger partial charge in [-0.25, -0.2) is 4.79 Å². The summed E-state index contributed by atoms with van der Waals surface area (Å²) >= 11 is 5.77. The Hall–Kier alpha value is -0.500. The number of hydrogen-bond acceptors (Lipinski definition) is 2. The molecule has 0 bridgehead atoms. The van der Waals surface area contributed by atoms with Crippen molar-refractivity contribution in [1.82, 2.24) is 0 Å². The SMILES string of the molecule is CCCCCCCCCCCCCCCC=C(Cl)C(=O)OC. The van der Waals surface area contributed by atoms with Crippen molar-refractivity contribution < 1.29 is 9.53 Å². The van der Waals surface area contributed by atoms with Crippen molar-refractivity contribution in [3.63, 3.8) is 0 Å². The van der Waals surface area contributed by atoms with Gasteiger partial charge in [-0.15, -0.1) is 0 Å². The molecule has 0 N–H and O–H groups in total. The maximum absolute atomic E-state index is 11.1. The molecule has 0 atom stereocenters. The number of methoxy groups -OCH3 is 1. The van der Waals surface area contributed by atoms with Gasteiger partial charge in [0.25, 0.3) is 0 Å². The fraction of sp³-hybridized carbons (Fsp3) is 0.842. The van der Waals surface area contributed by atoms with Gasteiger partial charge in [0, 0.05) is 0 Å². The third-order valence-electron chi connectivity index (χ3n) is 4.01. The number of ether oxygens (including phenoxy) is 1. The van der Waals surface area contributed by atoms with E-state index in [1.54, 1.807) is 6.08 Å². The van der Waals surface area contributed by atoms with E-state index in [0.29, 0.717) is 0 Å². The van der Waals surface area contributed by atoms with Gasteiger partial charge in [-0.1, -0.05) is 102 Å². The normalized spacial score (nSPS) is 11.7. The van der Waals surface area contributed by atoms with E-state index in [9.17, 15) is 4.79 Å². The van der Waals surface area contributed by atoms with E-state index >= 15 is 0 Å². The maximum atomic E-state index is 11.1. The second-order valence-electron chi connectivity index (χ2n) is 6.07. The van der Waals surface area contributed by atoms with Crippen LogP contribution in [-0.4, -0.2) is 13.1 Å². The second-order valence-corrected chi connectivity index (χ2v) is 6.48. The van der Waals surface area contributed by atoms with Gasteiger partial charge in [0.05, 0.1) is 7.11 Å². The van der Waals surface area contributed by atoms with Crippen molar-refractivity contribution >= 4 is 17.6 Å². The van der Waals surface area contributed by atoms with Crippen LogP contribution in [0.5, 0.6) is 0 Å². The summed E-state index contributed by atoms with van der Waals surface area (Å²) in [4.78, 5) is 11.1. The van der Waals surface area contributed by atoms with Gasteiger partial charge in [0.15, 0.2) is 0 Å². The molecule has 22 heavy (non-hydrogen) atoms. The zero-order valence-electron chi connectivity index (χ0n) is 14.7. The Bertz CT molecular complexity index is 287. The highest BCUT2D eigenvalue weighted by Crippen LogP contribution is 2.14. The number of esters is 1. The first kappa shape index (κ1) is 21.5. The quantitative estimate of drug-likeness (QED) is 0.188. The van der Waals surface area contributed by atoms with E-state index < -0.39 is 5.97 Å². The van der Waals surface area contributed by atoms with Gasteiger partial charge in [-0.3, -0.25) is 0 Å². The third kappa shape index (κ3) is 14.4. The number of rotatable bonds is 15. The van der Waals surface area contributed by atoms with Crippen molar-refractivity contribution in [2.24, 2.45) is 0 Å². The van der Waals surface area contributed by atoms with Crippen molar-refractivity contribution in [3.8, 4) is 0 Å². The summed E-state index contributed by atoms with van der Waals surface area (Å²) in [6.07, 6.45) is 20.2. The molecular weight excluding hydrogens is 296 g/mol. The van der Waals surface area contributed by atoms with E-state index in [4.69, 9.17) is 11.6 Å². The maximum Gasteiger partial charge on any atom is 0.349 e. The lowest BCUT2D eigenvalue weighted by atomic mass is 10.0. The molecule has 0 heterocycles. The average Bonchev–Trinajstić information content (AvgIpc) is 2.54. The molecule has 0 saturated heterocycles. The molecule has 0 aliphatic carbocycles. The third-order valence-corrected chi connectivity index (χ3v) is 4.32. The first-order valence-electron chi connectivity index (χ1n) is 9.16. The Morgan fingerprint density at radius 3 is 1.64 bits per heavy atom. The molecule has 0 radical (unpaired) electrons.